The van der Waals surface area contributed by atoms with Crippen molar-refractivity contribution in [3.05, 3.63) is 89.2 Å². The van der Waals surface area contributed by atoms with Crippen molar-refractivity contribution < 1.29 is 17.6 Å². The second kappa shape index (κ2) is 7.57. The van der Waals surface area contributed by atoms with Gasteiger partial charge in [-0.05, 0) is 80.4 Å². The Morgan fingerprint density at radius 2 is 1.70 bits per heavy atom. The first-order valence-electron chi connectivity index (χ1n) is 9.56. The number of nitrogens with one attached hydrogen (secondary N) is 1. The minimum absolute atomic E-state index is 0.242. The quantitative estimate of drug-likeness (QED) is 0.669. The minimum atomic E-state index is -3.71. The fourth-order valence-electron chi connectivity index (χ4n) is 3.67. The molecule has 0 bridgehead atoms. The zero-order chi connectivity index (χ0) is 21.5. The van der Waals surface area contributed by atoms with Crippen LogP contribution in [0.3, 0.4) is 0 Å². The van der Waals surface area contributed by atoms with Crippen LogP contribution in [-0.2, 0) is 16.4 Å². The number of carbonyl (C=O) groups is 1. The highest BCUT2D eigenvalue weighted by Gasteiger charge is 2.36. The van der Waals surface area contributed by atoms with Crippen molar-refractivity contribution in [3.63, 3.8) is 0 Å². The van der Waals surface area contributed by atoms with Gasteiger partial charge < -0.3 is 5.32 Å². The summed E-state index contributed by atoms with van der Waals surface area (Å²) >= 11 is 0. The van der Waals surface area contributed by atoms with E-state index >= 15 is 0 Å². The lowest BCUT2D eigenvalue weighted by Gasteiger charge is -2.24. The lowest BCUT2D eigenvalue weighted by atomic mass is 10.1. The van der Waals surface area contributed by atoms with Gasteiger partial charge in [-0.25, -0.2) is 12.8 Å². The molecule has 1 heterocycles. The third-order valence-corrected chi connectivity index (χ3v) is 7.12. The number of amides is 1. The summed E-state index contributed by atoms with van der Waals surface area (Å²) in [4.78, 5) is 12.8. The number of carbonyl (C=O) groups excluding carboxylic acids is 1. The van der Waals surface area contributed by atoms with E-state index in [1.807, 2.05) is 13.8 Å². The van der Waals surface area contributed by atoms with E-state index in [0.29, 0.717) is 23.4 Å². The van der Waals surface area contributed by atoms with E-state index in [-0.39, 0.29) is 22.7 Å². The van der Waals surface area contributed by atoms with Gasteiger partial charge in [-0.2, -0.15) is 0 Å². The van der Waals surface area contributed by atoms with Crippen LogP contribution in [0.1, 0.15) is 28.4 Å². The number of hydrogen-bond acceptors (Lipinski definition) is 3. The monoisotopic (exact) mass is 424 g/mol. The van der Waals surface area contributed by atoms with Crippen molar-refractivity contribution in [2.45, 2.75) is 31.2 Å². The highest BCUT2D eigenvalue weighted by molar-refractivity contribution is 7.92. The summed E-state index contributed by atoms with van der Waals surface area (Å²) in [7, 11) is -3.71. The predicted molar refractivity (Wildman–Crippen MR) is 115 cm³/mol. The van der Waals surface area contributed by atoms with Gasteiger partial charge in [-0.3, -0.25) is 9.10 Å². The number of aryl methyl sites for hydroxylation is 1. The number of halogens is 1. The smallest absolute Gasteiger partial charge is 0.264 e. The predicted octanol–water partition coefficient (Wildman–Crippen LogP) is 4.53. The molecule has 7 heteroatoms. The Labute approximate surface area is 175 Å². The molecule has 0 aliphatic carbocycles. The normalized spacial score (nSPS) is 15.7. The van der Waals surface area contributed by atoms with Crippen molar-refractivity contribution in [2.24, 2.45) is 0 Å². The number of rotatable bonds is 4. The number of benzene rings is 3. The van der Waals surface area contributed by atoms with E-state index in [1.54, 1.807) is 42.5 Å². The second-order valence-corrected chi connectivity index (χ2v) is 9.29. The van der Waals surface area contributed by atoms with E-state index in [4.69, 9.17) is 0 Å². The van der Waals surface area contributed by atoms with Crippen LogP contribution in [0.5, 0.6) is 0 Å². The molecule has 3 aromatic rings. The zero-order valence-electron chi connectivity index (χ0n) is 16.6. The Morgan fingerprint density at radius 3 is 2.37 bits per heavy atom. The third-order valence-electron chi connectivity index (χ3n) is 5.17. The molecule has 30 heavy (non-hydrogen) atoms. The third kappa shape index (κ3) is 3.68. The fraction of sp³-hybridized carbons (Fsp3) is 0.174. The standard InChI is InChI=1S/C23H21FN2O3S/c1-15-3-10-21(11-4-15)30(28,29)26-16(2)13-18-14-17(5-12-22(18)26)23(27)25-20-8-6-19(24)7-9-20/h3-12,14,16H,13H2,1-2H3,(H,25,27)/t16-/m1/s1. The van der Waals surface area contributed by atoms with Crippen LogP contribution in [0.15, 0.2) is 71.6 Å². The molecule has 1 aliphatic heterocycles. The molecule has 0 fully saturated rings. The molecule has 1 aliphatic rings. The summed E-state index contributed by atoms with van der Waals surface area (Å²) < 4.78 is 40.9. The van der Waals surface area contributed by atoms with Gasteiger partial charge in [-0.1, -0.05) is 17.7 Å². The average molecular weight is 424 g/mol. The second-order valence-electron chi connectivity index (χ2n) is 7.47. The SMILES string of the molecule is Cc1ccc(S(=O)(=O)N2c3ccc(C(=O)Nc4ccc(F)cc4)cc3C[C@H]2C)cc1. The maximum atomic E-state index is 13.2. The fourth-order valence-corrected chi connectivity index (χ4v) is 5.36. The Bertz CT molecular complexity index is 1210. The maximum Gasteiger partial charge on any atom is 0.264 e. The Morgan fingerprint density at radius 1 is 1.03 bits per heavy atom. The largest absolute Gasteiger partial charge is 0.322 e. The van der Waals surface area contributed by atoms with Crippen LogP contribution in [0.25, 0.3) is 0 Å². The van der Waals surface area contributed by atoms with Crippen molar-refractivity contribution >= 4 is 27.3 Å². The van der Waals surface area contributed by atoms with E-state index in [9.17, 15) is 17.6 Å². The Balaban J connectivity index is 1.62. The van der Waals surface area contributed by atoms with Gasteiger partial charge in [0.15, 0.2) is 0 Å². The molecule has 0 spiro atoms. The van der Waals surface area contributed by atoms with Gasteiger partial charge >= 0.3 is 0 Å². The number of sulfonamides is 1. The van der Waals surface area contributed by atoms with Gasteiger partial charge in [-0.15, -0.1) is 0 Å². The first-order chi connectivity index (χ1) is 14.3. The highest BCUT2D eigenvalue weighted by atomic mass is 32.2. The van der Waals surface area contributed by atoms with Crippen LogP contribution in [0, 0.1) is 12.7 Å². The van der Waals surface area contributed by atoms with Gasteiger partial charge in [0.1, 0.15) is 5.82 Å². The molecular formula is C23H21FN2O3S. The Kier molecular flexibility index (Phi) is 5.07. The van der Waals surface area contributed by atoms with Gasteiger partial charge in [0.2, 0.25) is 0 Å². The maximum absolute atomic E-state index is 13.2. The average Bonchev–Trinajstić information content (AvgIpc) is 3.05. The molecule has 1 atom stereocenters. The van der Waals surface area contributed by atoms with Gasteiger partial charge in [0.25, 0.3) is 15.9 Å². The van der Waals surface area contributed by atoms with E-state index < -0.39 is 10.0 Å². The summed E-state index contributed by atoms with van der Waals surface area (Å²) in [5.41, 5.74) is 3.27. The topological polar surface area (TPSA) is 66.5 Å². The summed E-state index contributed by atoms with van der Waals surface area (Å²) in [5, 5.41) is 2.72. The molecule has 1 amide bonds. The summed E-state index contributed by atoms with van der Waals surface area (Å²) in [6.45, 7) is 3.76. The van der Waals surface area contributed by atoms with Crippen LogP contribution in [0.4, 0.5) is 15.8 Å². The molecular weight excluding hydrogens is 403 g/mol. The van der Waals surface area contributed by atoms with Crippen LogP contribution >= 0.6 is 0 Å². The summed E-state index contributed by atoms with van der Waals surface area (Å²) in [6.07, 6.45) is 0.512. The zero-order valence-corrected chi connectivity index (χ0v) is 17.4. The minimum Gasteiger partial charge on any atom is -0.322 e. The van der Waals surface area contributed by atoms with Crippen LogP contribution in [0.2, 0.25) is 0 Å². The van der Waals surface area contributed by atoms with Gasteiger partial charge in [0.05, 0.1) is 10.6 Å². The number of anilines is 2. The number of fused-ring (bicyclic) bond motifs is 1. The van der Waals surface area contributed by atoms with Crippen molar-refractivity contribution in [1.29, 1.82) is 0 Å². The molecule has 1 N–H and O–H groups in total. The van der Waals surface area contributed by atoms with E-state index in [1.165, 1.54) is 28.6 Å². The molecule has 0 unspecified atom stereocenters. The lowest BCUT2D eigenvalue weighted by molar-refractivity contribution is 0.102. The highest BCUT2D eigenvalue weighted by Crippen LogP contribution is 2.37. The molecule has 5 nitrogen and oxygen atoms in total. The first kappa shape index (κ1) is 20.1. The molecule has 4 rings (SSSR count). The Hall–Kier alpha value is -3.19. The first-order valence-corrected chi connectivity index (χ1v) is 11.0. The summed E-state index contributed by atoms with van der Waals surface area (Å²) in [6, 6.07) is 17.0. The van der Waals surface area contributed by atoms with Gasteiger partial charge in [0, 0.05) is 17.3 Å². The molecule has 0 aromatic heterocycles. The molecule has 0 radical (unpaired) electrons. The van der Waals surface area contributed by atoms with Crippen molar-refractivity contribution in [1.82, 2.24) is 0 Å². The number of nitrogens with zero attached hydrogens (tertiary/aromatic N) is 1. The van der Waals surface area contributed by atoms with Crippen LogP contribution < -0.4 is 9.62 Å². The van der Waals surface area contributed by atoms with E-state index in [0.717, 1.165) is 11.1 Å². The van der Waals surface area contributed by atoms with Crippen LogP contribution in [-0.4, -0.2) is 20.4 Å². The molecule has 154 valence electrons. The van der Waals surface area contributed by atoms with E-state index in [2.05, 4.69) is 5.32 Å². The molecule has 0 saturated carbocycles. The molecule has 0 saturated heterocycles. The number of hydrogen-bond donors (Lipinski definition) is 1. The molecule has 3 aromatic carbocycles. The van der Waals surface area contributed by atoms with Crippen molar-refractivity contribution in [3.8, 4) is 0 Å². The van der Waals surface area contributed by atoms with Crippen molar-refractivity contribution in [2.75, 3.05) is 9.62 Å². The lowest BCUT2D eigenvalue weighted by Crippen LogP contribution is -2.35. The summed E-state index contributed by atoms with van der Waals surface area (Å²) in [5.74, 6) is -0.716.